The number of nitrogens with one attached hydrogen (secondary N) is 1. The Morgan fingerprint density at radius 2 is 1.89 bits per heavy atom. The molecule has 1 aromatic carbocycles. The lowest BCUT2D eigenvalue weighted by Gasteiger charge is -2.19. The van der Waals surface area contributed by atoms with E-state index in [0.717, 1.165) is 25.7 Å². The topological polar surface area (TPSA) is 75.7 Å². The van der Waals surface area contributed by atoms with Gasteiger partial charge in [0.2, 0.25) is 17.7 Å². The number of rotatable bonds is 6. The molecule has 7 heteroatoms. The van der Waals surface area contributed by atoms with E-state index < -0.39 is 11.9 Å². The van der Waals surface area contributed by atoms with Crippen LogP contribution >= 0.6 is 0 Å². The van der Waals surface area contributed by atoms with Crippen LogP contribution in [0.3, 0.4) is 0 Å². The lowest BCUT2D eigenvalue weighted by atomic mass is 9.81. The van der Waals surface area contributed by atoms with E-state index in [1.165, 1.54) is 24.1 Å². The van der Waals surface area contributed by atoms with Gasteiger partial charge >= 0.3 is 0 Å². The molecule has 2 fully saturated rings. The molecule has 1 saturated carbocycles. The number of ether oxygens (including phenoxy) is 1. The normalized spacial score (nSPS) is 23.1. The van der Waals surface area contributed by atoms with Gasteiger partial charge < -0.3 is 10.1 Å². The van der Waals surface area contributed by atoms with E-state index in [9.17, 15) is 18.8 Å². The van der Waals surface area contributed by atoms with Gasteiger partial charge in [-0.15, -0.1) is 0 Å². The highest BCUT2D eigenvalue weighted by atomic mass is 19.1. The Bertz CT molecular complexity index is 727. The number of imide groups is 1. The number of likely N-dealkylation sites (tertiary alicyclic amines) is 1. The van der Waals surface area contributed by atoms with Crippen molar-refractivity contribution in [2.45, 2.75) is 45.1 Å². The molecule has 1 saturated heterocycles. The van der Waals surface area contributed by atoms with E-state index in [1.54, 1.807) is 13.0 Å². The van der Waals surface area contributed by atoms with Crippen LogP contribution in [-0.4, -0.2) is 36.3 Å². The fourth-order valence-corrected chi connectivity index (χ4v) is 4.01. The van der Waals surface area contributed by atoms with Crippen LogP contribution in [0.5, 0.6) is 5.75 Å². The Morgan fingerprint density at radius 1 is 1.26 bits per heavy atom. The van der Waals surface area contributed by atoms with Gasteiger partial charge in [-0.1, -0.05) is 18.9 Å². The van der Waals surface area contributed by atoms with Crippen molar-refractivity contribution in [1.82, 2.24) is 10.2 Å². The average Bonchev–Trinajstić information content (AvgIpc) is 2.90. The predicted molar refractivity (Wildman–Crippen MR) is 96.3 cm³/mol. The van der Waals surface area contributed by atoms with Crippen molar-refractivity contribution in [2.24, 2.45) is 11.8 Å². The lowest BCUT2D eigenvalue weighted by Crippen LogP contribution is -2.36. The third-order valence-electron chi connectivity index (χ3n) is 5.55. The summed E-state index contributed by atoms with van der Waals surface area (Å²) in [4.78, 5) is 38.3. The van der Waals surface area contributed by atoms with Gasteiger partial charge in [-0.25, -0.2) is 4.39 Å². The number of benzene rings is 1. The SMILES string of the molecule is COc1ccc([C@@H](C)NC(=O)CCN2C(=O)[C@H]3CCCC[C@@H]3C2=O)cc1F. The molecule has 0 unspecified atom stereocenters. The van der Waals surface area contributed by atoms with Crippen LogP contribution in [-0.2, 0) is 14.4 Å². The molecule has 0 bridgehead atoms. The first-order valence-corrected chi connectivity index (χ1v) is 9.40. The number of carbonyl (C=O) groups is 3. The van der Waals surface area contributed by atoms with Gasteiger partial charge in [0.05, 0.1) is 25.0 Å². The van der Waals surface area contributed by atoms with Crippen LogP contribution in [0.4, 0.5) is 4.39 Å². The van der Waals surface area contributed by atoms with Crippen molar-refractivity contribution in [3.63, 3.8) is 0 Å². The van der Waals surface area contributed by atoms with Crippen molar-refractivity contribution in [3.8, 4) is 5.75 Å². The third kappa shape index (κ3) is 3.96. The molecule has 0 aromatic heterocycles. The maximum absolute atomic E-state index is 13.8. The maximum atomic E-state index is 13.8. The fourth-order valence-electron chi connectivity index (χ4n) is 4.01. The molecule has 1 heterocycles. The van der Waals surface area contributed by atoms with Crippen molar-refractivity contribution in [3.05, 3.63) is 29.6 Å². The fraction of sp³-hybridized carbons (Fsp3) is 0.550. The Labute approximate surface area is 158 Å². The summed E-state index contributed by atoms with van der Waals surface area (Å²) in [7, 11) is 1.39. The monoisotopic (exact) mass is 376 g/mol. The van der Waals surface area contributed by atoms with Crippen LogP contribution in [0.15, 0.2) is 18.2 Å². The molecule has 0 radical (unpaired) electrons. The minimum Gasteiger partial charge on any atom is -0.494 e. The van der Waals surface area contributed by atoms with Crippen LogP contribution in [0, 0.1) is 17.7 Å². The molecule has 1 aliphatic carbocycles. The molecule has 1 aliphatic heterocycles. The van der Waals surface area contributed by atoms with Gasteiger partial charge in [-0.05, 0) is 37.5 Å². The number of fused-ring (bicyclic) bond motifs is 1. The van der Waals surface area contributed by atoms with Crippen molar-refractivity contribution >= 4 is 17.7 Å². The molecule has 3 amide bonds. The summed E-state index contributed by atoms with van der Waals surface area (Å²) in [5.41, 5.74) is 0.612. The molecular formula is C20H25FN2O4. The number of carbonyl (C=O) groups excluding carboxylic acids is 3. The van der Waals surface area contributed by atoms with Gasteiger partial charge in [0.25, 0.3) is 0 Å². The Morgan fingerprint density at radius 3 is 2.44 bits per heavy atom. The molecule has 3 atom stereocenters. The highest BCUT2D eigenvalue weighted by Crippen LogP contribution is 2.38. The summed E-state index contributed by atoms with van der Waals surface area (Å²) in [6, 6.07) is 4.12. The molecular weight excluding hydrogens is 351 g/mol. The highest BCUT2D eigenvalue weighted by Gasteiger charge is 2.47. The number of hydrogen-bond acceptors (Lipinski definition) is 4. The minimum absolute atomic E-state index is 0.0416. The summed E-state index contributed by atoms with van der Waals surface area (Å²) in [5, 5.41) is 2.78. The Hall–Kier alpha value is -2.44. The second-order valence-electron chi connectivity index (χ2n) is 7.26. The zero-order chi connectivity index (χ0) is 19.6. The molecule has 1 aromatic rings. The second-order valence-corrected chi connectivity index (χ2v) is 7.26. The Balaban J connectivity index is 1.54. The summed E-state index contributed by atoms with van der Waals surface area (Å²) in [5.74, 6) is -1.30. The van der Waals surface area contributed by atoms with Gasteiger partial charge in [0.1, 0.15) is 0 Å². The summed E-state index contributed by atoms with van der Waals surface area (Å²) in [6.45, 7) is 1.85. The molecule has 2 aliphatic rings. The van der Waals surface area contributed by atoms with Crippen molar-refractivity contribution in [2.75, 3.05) is 13.7 Å². The van der Waals surface area contributed by atoms with Crippen LogP contribution in [0.25, 0.3) is 0 Å². The standard InChI is InChI=1S/C20H25FN2O4/c1-12(13-7-8-17(27-2)16(21)11-13)22-18(24)9-10-23-19(25)14-5-3-4-6-15(14)20(23)26/h7-8,11-12,14-15H,3-6,9-10H2,1-2H3,(H,22,24)/t12-,14+,15+/m1/s1. The van der Waals surface area contributed by atoms with Crippen LogP contribution in [0.1, 0.15) is 50.6 Å². The number of hydrogen-bond donors (Lipinski definition) is 1. The summed E-state index contributed by atoms with van der Waals surface area (Å²) >= 11 is 0. The van der Waals surface area contributed by atoms with Gasteiger partial charge in [-0.2, -0.15) is 0 Å². The zero-order valence-corrected chi connectivity index (χ0v) is 15.7. The Kier molecular flexibility index (Phi) is 5.77. The molecule has 1 N–H and O–H groups in total. The van der Waals surface area contributed by atoms with E-state index in [-0.39, 0.29) is 48.3 Å². The molecule has 27 heavy (non-hydrogen) atoms. The van der Waals surface area contributed by atoms with Crippen molar-refractivity contribution in [1.29, 1.82) is 0 Å². The average molecular weight is 376 g/mol. The lowest BCUT2D eigenvalue weighted by molar-refractivity contribution is -0.140. The number of halogens is 1. The predicted octanol–water partition coefficient (Wildman–Crippen LogP) is 2.58. The third-order valence-corrected chi connectivity index (χ3v) is 5.55. The quantitative estimate of drug-likeness (QED) is 0.775. The van der Waals surface area contributed by atoms with E-state index in [2.05, 4.69) is 5.32 Å². The molecule has 146 valence electrons. The maximum Gasteiger partial charge on any atom is 0.233 e. The largest absolute Gasteiger partial charge is 0.494 e. The summed E-state index contributed by atoms with van der Waals surface area (Å²) < 4.78 is 18.7. The zero-order valence-electron chi connectivity index (χ0n) is 15.7. The van der Waals surface area contributed by atoms with E-state index in [0.29, 0.717) is 5.56 Å². The molecule has 6 nitrogen and oxygen atoms in total. The number of amides is 3. The molecule has 0 spiro atoms. The smallest absolute Gasteiger partial charge is 0.233 e. The first-order chi connectivity index (χ1) is 12.9. The van der Waals surface area contributed by atoms with Gasteiger partial charge in [0, 0.05) is 13.0 Å². The molecule has 3 rings (SSSR count). The highest BCUT2D eigenvalue weighted by molar-refractivity contribution is 6.05. The second kappa shape index (κ2) is 8.06. The summed E-state index contributed by atoms with van der Waals surface area (Å²) in [6.07, 6.45) is 3.52. The van der Waals surface area contributed by atoms with Crippen molar-refractivity contribution < 1.29 is 23.5 Å². The van der Waals surface area contributed by atoms with Gasteiger partial charge in [-0.3, -0.25) is 19.3 Å². The van der Waals surface area contributed by atoms with E-state index in [1.807, 2.05) is 0 Å². The minimum atomic E-state index is -0.494. The number of nitrogens with zero attached hydrogens (tertiary/aromatic N) is 1. The van der Waals surface area contributed by atoms with E-state index in [4.69, 9.17) is 4.74 Å². The first kappa shape index (κ1) is 19.3. The van der Waals surface area contributed by atoms with Gasteiger partial charge in [0.15, 0.2) is 11.6 Å². The number of methoxy groups -OCH3 is 1. The van der Waals surface area contributed by atoms with E-state index >= 15 is 0 Å². The van der Waals surface area contributed by atoms with Crippen LogP contribution in [0.2, 0.25) is 0 Å². The first-order valence-electron chi connectivity index (χ1n) is 9.40. The van der Waals surface area contributed by atoms with Crippen LogP contribution < -0.4 is 10.1 Å².